The lowest BCUT2D eigenvalue weighted by molar-refractivity contribution is -0.176. The number of allylic oxidation sites excluding steroid dienone is 6. The second-order valence-electron chi connectivity index (χ2n) is 25.8. The van der Waals surface area contributed by atoms with Gasteiger partial charge < -0.3 is 33.5 Å². The average molecular weight is 1070 g/mol. The van der Waals surface area contributed by atoms with Crippen LogP contribution in [-0.2, 0) is 57.2 Å². The van der Waals surface area contributed by atoms with Gasteiger partial charge in [0.05, 0.1) is 47.7 Å². The number of carbonyl (C=O) groups excluding carboxylic acids is 6. The zero-order chi connectivity index (χ0) is 57.1. The van der Waals surface area contributed by atoms with Gasteiger partial charge in [-0.1, -0.05) is 91.8 Å². The predicted octanol–water partition coefficient (Wildman–Crippen LogP) is 12.8. The summed E-state index contributed by atoms with van der Waals surface area (Å²) < 4.78 is 34.3. The van der Waals surface area contributed by atoms with Crippen molar-refractivity contribution in [2.24, 2.45) is 69.0 Å². The van der Waals surface area contributed by atoms with Gasteiger partial charge in [0.1, 0.15) is 30.5 Å². The first-order chi connectivity index (χ1) is 35.4. The van der Waals surface area contributed by atoms with Crippen molar-refractivity contribution < 1.29 is 62.3 Å². The van der Waals surface area contributed by atoms with Crippen LogP contribution in [0.5, 0.6) is 0 Å². The Bertz CT molecular complexity index is 2120. The molecule has 0 radical (unpaired) electrons. The molecule has 0 bridgehead atoms. The molecule has 1 fully saturated rings. The lowest BCUT2D eigenvalue weighted by Gasteiger charge is -2.44. The summed E-state index contributed by atoms with van der Waals surface area (Å²) in [6, 6.07) is 0. The minimum absolute atomic E-state index is 0.0686. The fourth-order valence-corrected chi connectivity index (χ4v) is 11.0. The van der Waals surface area contributed by atoms with Gasteiger partial charge in [-0.15, -0.1) is 0 Å². The Morgan fingerprint density at radius 2 is 1.07 bits per heavy atom. The molecular formula is C63H100O13. The zero-order valence-electron chi connectivity index (χ0n) is 49.8. The summed E-state index contributed by atoms with van der Waals surface area (Å²) >= 11 is 0. The third-order valence-corrected chi connectivity index (χ3v) is 18.0. The van der Waals surface area contributed by atoms with Crippen molar-refractivity contribution in [3.05, 3.63) is 47.6 Å². The van der Waals surface area contributed by atoms with E-state index >= 15 is 0 Å². The third kappa shape index (κ3) is 17.4. The van der Waals surface area contributed by atoms with E-state index in [1.807, 2.05) is 69.2 Å². The van der Waals surface area contributed by atoms with E-state index in [2.05, 4.69) is 64.2 Å². The summed E-state index contributed by atoms with van der Waals surface area (Å²) in [4.78, 5) is 75.7. The molecule has 5 rings (SSSR count). The third-order valence-electron chi connectivity index (χ3n) is 18.0. The van der Waals surface area contributed by atoms with Gasteiger partial charge in [0.15, 0.2) is 0 Å². The highest BCUT2D eigenvalue weighted by Gasteiger charge is 2.46. The fraction of sp³-hybridized carbons (Fsp3) is 0.778. The molecular weight excluding hydrogens is 965 g/mol. The average Bonchev–Trinajstić information content (AvgIpc) is 3.35. The quantitative estimate of drug-likeness (QED) is 0.0801. The van der Waals surface area contributed by atoms with Gasteiger partial charge in [-0.3, -0.25) is 28.8 Å². The highest BCUT2D eigenvalue weighted by molar-refractivity contribution is 5.78. The highest BCUT2D eigenvalue weighted by atomic mass is 16.6. The van der Waals surface area contributed by atoms with Crippen molar-refractivity contribution in [3.8, 4) is 0 Å². The number of cyclic esters (lactones) is 1. The fourth-order valence-electron chi connectivity index (χ4n) is 11.0. The number of fused-ring (bicyclic) bond motifs is 2. The monoisotopic (exact) mass is 1060 g/mol. The van der Waals surface area contributed by atoms with Crippen molar-refractivity contribution in [1.29, 1.82) is 0 Å². The molecule has 4 aliphatic carbocycles. The zero-order valence-corrected chi connectivity index (χ0v) is 49.8. The van der Waals surface area contributed by atoms with Crippen molar-refractivity contribution in [1.82, 2.24) is 0 Å². The molecule has 0 aromatic rings. The van der Waals surface area contributed by atoms with Crippen LogP contribution in [0.15, 0.2) is 47.6 Å². The molecule has 13 heteroatoms. The SMILES string of the molecule is CCC(C)(C)C(=O)O[C@@H]1CC(=O)O[C@H](CC[C@@H]2C3C(=C[C@H](C)C[C@@H]3OC(=O)C(C)(C)CC)C=C[C@@H]2C)C1.CCC(C)(C)C(=O)O[C@H](CC(=O)OC)C[C@H](O)CC[C@@H]1C2C(=C[C@H](C)C[C@@H]2OC(=O)C(C)(C)CC)C=C[C@@H]1C. The van der Waals surface area contributed by atoms with Crippen LogP contribution >= 0.6 is 0 Å². The van der Waals surface area contributed by atoms with E-state index in [-0.39, 0.29) is 97.0 Å². The molecule has 13 nitrogen and oxygen atoms in total. The maximum atomic E-state index is 13.0. The minimum atomic E-state index is -0.759. The van der Waals surface area contributed by atoms with E-state index in [1.165, 1.54) is 18.3 Å². The second kappa shape index (κ2) is 27.6. The molecule has 1 saturated heterocycles. The summed E-state index contributed by atoms with van der Waals surface area (Å²) in [7, 11) is 1.30. The molecule has 0 aromatic carbocycles. The van der Waals surface area contributed by atoms with Crippen LogP contribution in [0, 0.1) is 69.0 Å². The number of hydrogen-bond acceptors (Lipinski definition) is 13. The Hall–Kier alpha value is -4.26. The first-order valence-electron chi connectivity index (χ1n) is 29.0. The van der Waals surface area contributed by atoms with Gasteiger partial charge in [-0.05, 0) is 166 Å². The molecule has 76 heavy (non-hydrogen) atoms. The molecule has 0 amide bonds. The van der Waals surface area contributed by atoms with Crippen LogP contribution < -0.4 is 0 Å². The van der Waals surface area contributed by atoms with E-state index in [4.69, 9.17) is 28.4 Å². The van der Waals surface area contributed by atoms with Crippen LogP contribution in [0.1, 0.15) is 201 Å². The van der Waals surface area contributed by atoms with Crippen molar-refractivity contribution in [2.75, 3.05) is 7.11 Å². The molecule has 2 unspecified atom stereocenters. The maximum absolute atomic E-state index is 13.0. The molecule has 0 saturated carbocycles. The van der Waals surface area contributed by atoms with E-state index in [9.17, 15) is 33.9 Å². The van der Waals surface area contributed by atoms with Crippen LogP contribution in [0.3, 0.4) is 0 Å². The van der Waals surface area contributed by atoms with Crippen LogP contribution in [0.4, 0.5) is 0 Å². The van der Waals surface area contributed by atoms with Crippen molar-refractivity contribution >= 4 is 35.8 Å². The van der Waals surface area contributed by atoms with Gasteiger partial charge in [0.25, 0.3) is 0 Å². The van der Waals surface area contributed by atoms with Crippen molar-refractivity contribution in [2.45, 2.75) is 237 Å². The molecule has 14 atom stereocenters. The molecule has 430 valence electrons. The second-order valence-corrected chi connectivity index (χ2v) is 25.8. The highest BCUT2D eigenvalue weighted by Crippen LogP contribution is 2.48. The number of rotatable bonds is 22. The van der Waals surface area contributed by atoms with Gasteiger partial charge in [-0.2, -0.15) is 0 Å². The molecule has 1 aliphatic heterocycles. The number of hydrogen-bond donors (Lipinski definition) is 1. The Morgan fingerprint density at radius 1 is 0.632 bits per heavy atom. The number of aliphatic hydroxyl groups excluding tert-OH is 1. The van der Waals surface area contributed by atoms with Gasteiger partial charge in [0, 0.05) is 24.7 Å². The number of aliphatic hydroxyl groups is 1. The maximum Gasteiger partial charge on any atom is 0.311 e. The minimum Gasteiger partial charge on any atom is -0.469 e. The lowest BCUT2D eigenvalue weighted by atomic mass is 9.65. The van der Waals surface area contributed by atoms with E-state index in [1.54, 1.807) is 13.8 Å². The number of methoxy groups -OCH3 is 1. The number of carbonyl (C=O) groups is 6. The van der Waals surface area contributed by atoms with Crippen molar-refractivity contribution in [3.63, 3.8) is 0 Å². The first kappa shape index (κ1) is 64.3. The summed E-state index contributed by atoms with van der Waals surface area (Å²) in [6.45, 7) is 31.7. The van der Waals surface area contributed by atoms with Gasteiger partial charge in [0.2, 0.25) is 0 Å². The standard InChI is InChI=1S/C32H52O7.C31H48O6/c1-10-31(5,6)29(35)38-24(19-27(34)37-9)18-23(33)14-15-25-21(4)12-13-22-16-20(3)17-26(28(22)25)39-30(36)32(7,8)11-2;1-9-30(5,6)28(33)36-23-17-22(35-26(32)18-23)13-14-24-20(4)11-12-21-15-19(3)16-25(27(21)24)37-29(34)31(7,8)10-2/h12-13,16,20-21,23-26,28,33H,10-11,14-15,17-19H2,1-9H3;11-12,15,19-20,22-25,27H,9-10,13-14,16-18H2,1-8H3/t20-,21-,23+,24-,25-,26-,28?;19-,20-,22+,23-,24-,25-,27?/m00/s1. The normalized spacial score (nSPS) is 29.3. The predicted molar refractivity (Wildman–Crippen MR) is 295 cm³/mol. The first-order valence-corrected chi connectivity index (χ1v) is 29.0. The smallest absolute Gasteiger partial charge is 0.311 e. The van der Waals surface area contributed by atoms with E-state index in [0.717, 1.165) is 25.7 Å². The van der Waals surface area contributed by atoms with E-state index < -0.39 is 45.9 Å². The summed E-state index contributed by atoms with van der Waals surface area (Å²) in [5.41, 5.74) is 0.167. The molecule has 0 spiro atoms. The molecule has 5 aliphatic rings. The van der Waals surface area contributed by atoms with Crippen LogP contribution in [0.25, 0.3) is 0 Å². The summed E-state index contributed by atoms with van der Waals surface area (Å²) in [5, 5.41) is 11.0. The lowest BCUT2D eigenvalue weighted by Crippen LogP contribution is -2.43. The van der Waals surface area contributed by atoms with Crippen LogP contribution in [0.2, 0.25) is 0 Å². The Balaban J connectivity index is 0.000000329. The summed E-state index contributed by atoms with van der Waals surface area (Å²) in [5.74, 6) is 0.154. The Kier molecular flexibility index (Phi) is 23.3. The largest absolute Gasteiger partial charge is 0.469 e. The Morgan fingerprint density at radius 3 is 1.51 bits per heavy atom. The molecule has 1 heterocycles. The Labute approximate surface area is 457 Å². The topological polar surface area (TPSA) is 178 Å². The molecule has 0 aromatic heterocycles. The number of ether oxygens (including phenoxy) is 6. The van der Waals surface area contributed by atoms with Gasteiger partial charge in [-0.25, -0.2) is 0 Å². The summed E-state index contributed by atoms with van der Waals surface area (Å²) in [6.07, 6.45) is 18.6. The molecule has 1 N–H and O–H groups in total. The van der Waals surface area contributed by atoms with Crippen LogP contribution in [-0.4, -0.2) is 84.7 Å². The van der Waals surface area contributed by atoms with E-state index in [0.29, 0.717) is 62.7 Å². The van der Waals surface area contributed by atoms with Gasteiger partial charge >= 0.3 is 35.8 Å². The number of esters is 6.